The van der Waals surface area contributed by atoms with Gasteiger partial charge in [0.15, 0.2) is 0 Å². The first-order valence-corrected chi connectivity index (χ1v) is 8.66. The van der Waals surface area contributed by atoms with E-state index < -0.39 is 0 Å². The third-order valence-electron chi connectivity index (χ3n) is 4.22. The summed E-state index contributed by atoms with van der Waals surface area (Å²) < 4.78 is 16.6. The molecule has 0 aliphatic heterocycles. The highest BCUT2D eigenvalue weighted by atomic mass is 16.5. The standard InChI is InChI=1S/C21H23NO4/c1-4-25-13-17-11-16(9-10-18(17)24-3)21(23)22-14(2)20-12-15-7-5-6-8-19(15)26-20/h5-12,14H,4,13H2,1-3H3,(H,22,23)/t14-/m1/s1. The molecule has 3 aromatic rings. The van der Waals surface area contributed by atoms with Gasteiger partial charge in [0.1, 0.15) is 17.1 Å². The van der Waals surface area contributed by atoms with Gasteiger partial charge in [-0.05, 0) is 44.2 Å². The first-order valence-electron chi connectivity index (χ1n) is 8.66. The molecule has 0 saturated heterocycles. The van der Waals surface area contributed by atoms with Crippen LogP contribution in [0.2, 0.25) is 0 Å². The number of nitrogens with one attached hydrogen (secondary N) is 1. The zero-order chi connectivity index (χ0) is 18.5. The Morgan fingerprint density at radius 3 is 2.73 bits per heavy atom. The monoisotopic (exact) mass is 353 g/mol. The van der Waals surface area contributed by atoms with Crippen molar-refractivity contribution in [2.24, 2.45) is 0 Å². The van der Waals surface area contributed by atoms with Gasteiger partial charge >= 0.3 is 0 Å². The van der Waals surface area contributed by atoms with Crippen LogP contribution in [-0.2, 0) is 11.3 Å². The molecule has 1 atom stereocenters. The Bertz CT molecular complexity index is 867. The molecule has 0 spiro atoms. The van der Waals surface area contributed by atoms with E-state index in [9.17, 15) is 4.79 Å². The smallest absolute Gasteiger partial charge is 0.251 e. The van der Waals surface area contributed by atoms with Crippen molar-refractivity contribution in [3.8, 4) is 5.75 Å². The molecule has 2 aromatic carbocycles. The number of furan rings is 1. The normalized spacial score (nSPS) is 12.1. The van der Waals surface area contributed by atoms with E-state index in [2.05, 4.69) is 5.32 Å². The molecule has 1 amide bonds. The van der Waals surface area contributed by atoms with Crippen LogP contribution in [0.4, 0.5) is 0 Å². The van der Waals surface area contributed by atoms with E-state index in [1.165, 1.54) is 0 Å². The molecule has 0 radical (unpaired) electrons. The summed E-state index contributed by atoms with van der Waals surface area (Å²) in [5.74, 6) is 1.27. The van der Waals surface area contributed by atoms with Crippen molar-refractivity contribution in [2.75, 3.05) is 13.7 Å². The van der Waals surface area contributed by atoms with E-state index in [0.717, 1.165) is 22.3 Å². The van der Waals surface area contributed by atoms with E-state index in [1.807, 2.05) is 44.2 Å². The van der Waals surface area contributed by atoms with Crippen LogP contribution in [0.5, 0.6) is 5.75 Å². The van der Waals surface area contributed by atoms with Crippen LogP contribution in [0, 0.1) is 0 Å². The fourth-order valence-electron chi connectivity index (χ4n) is 2.81. The second-order valence-electron chi connectivity index (χ2n) is 6.05. The van der Waals surface area contributed by atoms with Gasteiger partial charge in [-0.25, -0.2) is 0 Å². The zero-order valence-corrected chi connectivity index (χ0v) is 15.2. The molecule has 0 bridgehead atoms. The number of rotatable bonds is 7. The first-order chi connectivity index (χ1) is 12.6. The Morgan fingerprint density at radius 2 is 2.00 bits per heavy atom. The van der Waals surface area contributed by atoms with Crippen molar-refractivity contribution >= 4 is 16.9 Å². The number of ether oxygens (including phenoxy) is 2. The van der Waals surface area contributed by atoms with Crippen molar-refractivity contribution in [1.29, 1.82) is 0 Å². The largest absolute Gasteiger partial charge is 0.496 e. The molecule has 0 fully saturated rings. The van der Waals surface area contributed by atoms with Crippen LogP contribution < -0.4 is 10.1 Å². The van der Waals surface area contributed by atoms with Crippen LogP contribution >= 0.6 is 0 Å². The molecule has 0 aliphatic rings. The number of amides is 1. The maximum atomic E-state index is 12.6. The summed E-state index contributed by atoms with van der Waals surface area (Å²) in [4.78, 5) is 12.6. The average Bonchev–Trinajstić information content (AvgIpc) is 3.10. The molecule has 5 heteroatoms. The summed E-state index contributed by atoms with van der Waals surface area (Å²) in [6.45, 7) is 4.83. The van der Waals surface area contributed by atoms with Gasteiger partial charge in [0, 0.05) is 23.1 Å². The SMILES string of the molecule is CCOCc1cc(C(=O)N[C@H](C)c2cc3ccccc3o2)ccc1OC. The fourth-order valence-corrected chi connectivity index (χ4v) is 2.81. The van der Waals surface area contributed by atoms with E-state index in [-0.39, 0.29) is 11.9 Å². The lowest BCUT2D eigenvalue weighted by molar-refractivity contribution is 0.0935. The molecular formula is C21H23NO4. The van der Waals surface area contributed by atoms with Gasteiger partial charge in [-0.2, -0.15) is 0 Å². The lowest BCUT2D eigenvalue weighted by Gasteiger charge is -2.14. The number of hydrogen-bond acceptors (Lipinski definition) is 4. The minimum atomic E-state index is -0.243. The molecule has 0 saturated carbocycles. The summed E-state index contributed by atoms with van der Waals surface area (Å²) in [6.07, 6.45) is 0. The van der Waals surface area contributed by atoms with Crippen molar-refractivity contribution in [2.45, 2.75) is 26.5 Å². The number of fused-ring (bicyclic) bond motifs is 1. The van der Waals surface area contributed by atoms with Crippen LogP contribution in [0.25, 0.3) is 11.0 Å². The number of carbonyl (C=O) groups is 1. The number of para-hydroxylation sites is 1. The molecule has 1 heterocycles. The van der Waals surface area contributed by atoms with E-state index >= 15 is 0 Å². The minimum Gasteiger partial charge on any atom is -0.496 e. The van der Waals surface area contributed by atoms with Gasteiger partial charge in [0.05, 0.1) is 19.8 Å². The number of benzene rings is 2. The van der Waals surface area contributed by atoms with Gasteiger partial charge in [-0.1, -0.05) is 18.2 Å². The molecule has 0 unspecified atom stereocenters. The van der Waals surface area contributed by atoms with Crippen molar-refractivity contribution in [3.05, 3.63) is 65.4 Å². The highest BCUT2D eigenvalue weighted by Crippen LogP contribution is 2.25. The van der Waals surface area contributed by atoms with Crippen LogP contribution in [-0.4, -0.2) is 19.6 Å². The predicted octanol–water partition coefficient (Wildman–Crippen LogP) is 4.47. The lowest BCUT2D eigenvalue weighted by Crippen LogP contribution is -2.26. The number of carbonyl (C=O) groups excluding carboxylic acids is 1. The summed E-state index contributed by atoms with van der Waals surface area (Å²) in [7, 11) is 1.61. The van der Waals surface area contributed by atoms with Gasteiger partial charge in [-0.3, -0.25) is 4.79 Å². The Kier molecular flexibility index (Phi) is 5.58. The van der Waals surface area contributed by atoms with Crippen molar-refractivity contribution in [3.63, 3.8) is 0 Å². The molecular weight excluding hydrogens is 330 g/mol. The summed E-state index contributed by atoms with van der Waals surface area (Å²) in [5.41, 5.74) is 2.22. The van der Waals surface area contributed by atoms with E-state index in [0.29, 0.717) is 24.5 Å². The summed E-state index contributed by atoms with van der Waals surface area (Å²) >= 11 is 0. The van der Waals surface area contributed by atoms with Gasteiger partial charge in [0.2, 0.25) is 0 Å². The molecule has 26 heavy (non-hydrogen) atoms. The molecule has 0 aliphatic carbocycles. The minimum absolute atomic E-state index is 0.168. The number of methoxy groups -OCH3 is 1. The van der Waals surface area contributed by atoms with Gasteiger partial charge < -0.3 is 19.2 Å². The molecule has 1 N–H and O–H groups in total. The Balaban J connectivity index is 1.76. The van der Waals surface area contributed by atoms with Crippen LogP contribution in [0.3, 0.4) is 0 Å². The first kappa shape index (κ1) is 18.0. The number of hydrogen-bond donors (Lipinski definition) is 1. The molecule has 3 rings (SSSR count). The fraction of sp³-hybridized carbons (Fsp3) is 0.286. The van der Waals surface area contributed by atoms with Crippen molar-refractivity contribution in [1.82, 2.24) is 5.32 Å². The lowest BCUT2D eigenvalue weighted by atomic mass is 10.1. The second-order valence-corrected chi connectivity index (χ2v) is 6.05. The summed E-state index contributed by atoms with van der Waals surface area (Å²) in [5, 5.41) is 4.00. The Labute approximate surface area is 152 Å². The van der Waals surface area contributed by atoms with Crippen molar-refractivity contribution < 1.29 is 18.7 Å². The van der Waals surface area contributed by atoms with Gasteiger partial charge in [-0.15, -0.1) is 0 Å². The highest BCUT2D eigenvalue weighted by Gasteiger charge is 2.16. The topological polar surface area (TPSA) is 60.7 Å². The molecule has 5 nitrogen and oxygen atoms in total. The molecule has 1 aromatic heterocycles. The Hall–Kier alpha value is -2.79. The second kappa shape index (κ2) is 8.06. The maximum Gasteiger partial charge on any atom is 0.251 e. The zero-order valence-electron chi connectivity index (χ0n) is 15.2. The quantitative estimate of drug-likeness (QED) is 0.681. The molecule has 136 valence electrons. The van der Waals surface area contributed by atoms with E-state index in [1.54, 1.807) is 25.3 Å². The third kappa shape index (κ3) is 3.89. The highest BCUT2D eigenvalue weighted by molar-refractivity contribution is 5.95. The van der Waals surface area contributed by atoms with Gasteiger partial charge in [0.25, 0.3) is 5.91 Å². The third-order valence-corrected chi connectivity index (χ3v) is 4.22. The van der Waals surface area contributed by atoms with Crippen LogP contribution in [0.15, 0.2) is 52.9 Å². The average molecular weight is 353 g/mol. The predicted molar refractivity (Wildman–Crippen MR) is 100 cm³/mol. The van der Waals surface area contributed by atoms with Crippen LogP contribution in [0.1, 0.15) is 41.6 Å². The Morgan fingerprint density at radius 1 is 1.19 bits per heavy atom. The maximum absolute atomic E-state index is 12.6. The van der Waals surface area contributed by atoms with E-state index in [4.69, 9.17) is 13.9 Å². The summed E-state index contributed by atoms with van der Waals surface area (Å²) in [6, 6.07) is 14.8.